The van der Waals surface area contributed by atoms with Crippen LogP contribution in [0.15, 0.2) is 96.6 Å². The highest BCUT2D eigenvalue weighted by Gasteiger charge is 2.48. The Morgan fingerprint density at radius 2 is 1.69 bits per heavy atom. The van der Waals surface area contributed by atoms with E-state index in [-0.39, 0.29) is 11.3 Å². The number of carbonyl (C=O) groups excluding carboxylic acids is 2. The first-order chi connectivity index (χ1) is 20.5. The highest BCUT2D eigenvalue weighted by Crippen LogP contribution is 2.46. The minimum absolute atomic E-state index is 0.0779. The van der Waals surface area contributed by atoms with Crippen LogP contribution in [0, 0.1) is 0 Å². The molecular weight excluding hydrogens is 576 g/mol. The van der Waals surface area contributed by atoms with Crippen molar-refractivity contribution in [3.63, 3.8) is 0 Å². The minimum atomic E-state index is -0.992. The zero-order valence-electron chi connectivity index (χ0n) is 21.8. The Balaban J connectivity index is 1.39. The Morgan fingerprint density at radius 3 is 2.52 bits per heavy atom. The lowest BCUT2D eigenvalue weighted by atomic mass is 9.95. The third-order valence-electron chi connectivity index (χ3n) is 6.96. The summed E-state index contributed by atoms with van der Waals surface area (Å²) < 4.78 is 18.1. The average Bonchev–Trinajstić information content (AvgIpc) is 3.54. The summed E-state index contributed by atoms with van der Waals surface area (Å²) in [6, 6.07) is 25.5. The molecule has 1 amide bonds. The number of halogens is 1. The van der Waals surface area contributed by atoms with E-state index in [0.717, 1.165) is 4.70 Å². The molecule has 0 unspecified atom stereocenters. The molecule has 42 heavy (non-hydrogen) atoms. The predicted molar refractivity (Wildman–Crippen MR) is 160 cm³/mol. The van der Waals surface area contributed by atoms with E-state index in [0.29, 0.717) is 63.0 Å². The van der Waals surface area contributed by atoms with Crippen LogP contribution in [0.5, 0.6) is 23.0 Å². The Morgan fingerprint density at radius 1 is 0.905 bits per heavy atom. The first kappa shape index (κ1) is 26.1. The van der Waals surface area contributed by atoms with Gasteiger partial charge in [-0.25, -0.2) is 4.98 Å². The molecule has 1 fully saturated rings. The quantitative estimate of drug-likeness (QED) is 0.131. The van der Waals surface area contributed by atoms with Crippen LogP contribution in [0.3, 0.4) is 0 Å². The molecule has 1 atom stereocenters. The van der Waals surface area contributed by atoms with Crippen LogP contribution >= 0.6 is 22.9 Å². The van der Waals surface area contributed by atoms with Crippen LogP contribution in [0.2, 0.25) is 5.02 Å². The van der Waals surface area contributed by atoms with Gasteiger partial charge < -0.3 is 19.3 Å². The number of nitrogens with zero attached hydrogens (tertiary/aromatic N) is 2. The summed E-state index contributed by atoms with van der Waals surface area (Å²) >= 11 is 7.43. The molecule has 3 heterocycles. The van der Waals surface area contributed by atoms with E-state index in [1.54, 1.807) is 60.7 Å². The molecule has 1 N–H and O–H groups in total. The van der Waals surface area contributed by atoms with Crippen molar-refractivity contribution in [3.05, 3.63) is 113 Å². The number of amides is 1. The zero-order chi connectivity index (χ0) is 28.8. The molecule has 10 heteroatoms. The number of hydrogen-bond acceptors (Lipinski definition) is 8. The van der Waals surface area contributed by atoms with E-state index in [9.17, 15) is 14.7 Å². The standard InChI is InChI=1S/C32H21ClN2O6S/c33-20-10-11-23-26(17-20)42-32(34-23)35-28(18-5-4-8-22(15-18)41-21-6-2-1-3-7-21)27(30(37)31(35)38)29(36)19-9-12-24-25(16-19)40-14-13-39-24/h1-12,15-17,28,36H,13-14H2/b29-27+/t28-/m0/s1. The third-order valence-corrected chi connectivity index (χ3v) is 8.21. The Hall–Kier alpha value is -4.86. The van der Waals surface area contributed by atoms with Gasteiger partial charge in [0.05, 0.1) is 21.8 Å². The van der Waals surface area contributed by atoms with Crippen molar-refractivity contribution in [2.75, 3.05) is 18.1 Å². The second-order valence-corrected chi connectivity index (χ2v) is 11.1. The molecule has 4 aromatic carbocycles. The number of fused-ring (bicyclic) bond motifs is 2. The number of anilines is 1. The number of Topliss-reactive ketones (excluding diaryl/α,β-unsaturated/α-hetero) is 1. The number of ether oxygens (including phenoxy) is 3. The fourth-order valence-electron chi connectivity index (χ4n) is 5.05. The molecule has 0 spiro atoms. The summed E-state index contributed by atoms with van der Waals surface area (Å²) in [5.41, 5.74) is 1.42. The average molecular weight is 597 g/mol. The fourth-order valence-corrected chi connectivity index (χ4v) is 6.32. The van der Waals surface area contributed by atoms with Crippen LogP contribution in [0.1, 0.15) is 17.2 Å². The van der Waals surface area contributed by atoms with Gasteiger partial charge in [-0.3, -0.25) is 14.5 Å². The van der Waals surface area contributed by atoms with Crippen LogP contribution in [-0.4, -0.2) is 35.0 Å². The molecule has 0 aliphatic carbocycles. The van der Waals surface area contributed by atoms with Crippen LogP contribution < -0.4 is 19.1 Å². The number of hydrogen-bond donors (Lipinski definition) is 1. The summed E-state index contributed by atoms with van der Waals surface area (Å²) in [4.78, 5) is 33.3. The normalized spacial score (nSPS) is 17.5. The summed E-state index contributed by atoms with van der Waals surface area (Å²) in [6.07, 6.45) is 0. The Kier molecular flexibility index (Phi) is 6.53. The van der Waals surface area contributed by atoms with E-state index in [4.69, 9.17) is 25.8 Å². The van der Waals surface area contributed by atoms with Gasteiger partial charge in [0.2, 0.25) is 0 Å². The molecule has 208 valence electrons. The van der Waals surface area contributed by atoms with Gasteiger partial charge in [0.1, 0.15) is 30.5 Å². The predicted octanol–water partition coefficient (Wildman–Crippen LogP) is 7.14. The molecule has 5 aromatic rings. The van der Waals surface area contributed by atoms with Crippen molar-refractivity contribution in [1.29, 1.82) is 0 Å². The van der Waals surface area contributed by atoms with Crippen LogP contribution in [0.25, 0.3) is 16.0 Å². The lowest BCUT2D eigenvalue weighted by Crippen LogP contribution is -2.29. The number of thiazole rings is 1. The number of aromatic nitrogens is 1. The first-order valence-electron chi connectivity index (χ1n) is 13.1. The van der Waals surface area contributed by atoms with Crippen LogP contribution in [-0.2, 0) is 9.59 Å². The smallest absolute Gasteiger partial charge is 0.301 e. The van der Waals surface area contributed by atoms with Gasteiger partial charge in [0, 0.05) is 10.6 Å². The van der Waals surface area contributed by atoms with E-state index in [1.165, 1.54) is 16.2 Å². The molecule has 0 bridgehead atoms. The number of aliphatic hydroxyl groups is 1. The molecule has 8 nitrogen and oxygen atoms in total. The lowest BCUT2D eigenvalue weighted by Gasteiger charge is -2.23. The third kappa shape index (κ3) is 4.62. The monoisotopic (exact) mass is 596 g/mol. The topological polar surface area (TPSA) is 98.2 Å². The number of aliphatic hydroxyl groups excluding tert-OH is 1. The summed E-state index contributed by atoms with van der Waals surface area (Å²) in [7, 11) is 0. The summed E-state index contributed by atoms with van der Waals surface area (Å²) in [5.74, 6) is 0.128. The SMILES string of the molecule is O=C1C(=O)N(c2nc3ccc(Cl)cc3s2)[C@@H](c2cccc(Oc3ccccc3)c2)/C1=C(\O)c1ccc2c(c1)OCCO2. The highest BCUT2D eigenvalue weighted by molar-refractivity contribution is 7.22. The second kappa shape index (κ2) is 10.5. The number of ketones is 1. The van der Waals surface area contributed by atoms with Crippen LogP contribution in [0.4, 0.5) is 5.13 Å². The highest BCUT2D eigenvalue weighted by atomic mass is 35.5. The molecule has 1 aromatic heterocycles. The maximum atomic E-state index is 13.7. The van der Waals surface area contributed by atoms with Crippen molar-refractivity contribution in [2.45, 2.75) is 6.04 Å². The number of carbonyl (C=O) groups is 2. The fraction of sp³-hybridized carbons (Fsp3) is 0.0938. The number of para-hydroxylation sites is 1. The summed E-state index contributed by atoms with van der Waals surface area (Å²) in [6.45, 7) is 0.773. The minimum Gasteiger partial charge on any atom is -0.507 e. The molecular formula is C32H21ClN2O6S. The molecule has 7 rings (SSSR count). The zero-order valence-corrected chi connectivity index (χ0v) is 23.4. The Bertz CT molecular complexity index is 1900. The van der Waals surface area contributed by atoms with Crippen molar-refractivity contribution >= 4 is 55.7 Å². The van der Waals surface area contributed by atoms with Gasteiger partial charge in [0.25, 0.3) is 5.78 Å². The lowest BCUT2D eigenvalue weighted by molar-refractivity contribution is -0.132. The molecule has 0 radical (unpaired) electrons. The largest absolute Gasteiger partial charge is 0.507 e. The Labute approximate surface area is 249 Å². The molecule has 2 aliphatic heterocycles. The van der Waals surface area contributed by atoms with Gasteiger partial charge in [0.15, 0.2) is 16.6 Å². The van der Waals surface area contributed by atoms with E-state index in [2.05, 4.69) is 4.98 Å². The van der Waals surface area contributed by atoms with Crippen molar-refractivity contribution < 1.29 is 28.9 Å². The van der Waals surface area contributed by atoms with Crippen molar-refractivity contribution in [2.24, 2.45) is 0 Å². The molecule has 2 aliphatic rings. The van der Waals surface area contributed by atoms with Gasteiger partial charge in [-0.15, -0.1) is 0 Å². The first-order valence-corrected chi connectivity index (χ1v) is 14.3. The number of rotatable bonds is 5. The van der Waals surface area contributed by atoms with Crippen molar-refractivity contribution in [1.82, 2.24) is 4.98 Å². The second-order valence-electron chi connectivity index (χ2n) is 9.62. The number of benzene rings is 4. The molecule has 0 saturated carbocycles. The van der Waals surface area contributed by atoms with E-state index >= 15 is 0 Å². The van der Waals surface area contributed by atoms with E-state index < -0.39 is 17.7 Å². The van der Waals surface area contributed by atoms with Gasteiger partial charge >= 0.3 is 5.91 Å². The summed E-state index contributed by atoms with van der Waals surface area (Å²) in [5, 5.41) is 12.4. The van der Waals surface area contributed by atoms with Gasteiger partial charge in [-0.1, -0.05) is 53.3 Å². The van der Waals surface area contributed by atoms with Crippen molar-refractivity contribution in [3.8, 4) is 23.0 Å². The maximum Gasteiger partial charge on any atom is 0.301 e. The van der Waals surface area contributed by atoms with E-state index in [1.807, 2.05) is 30.3 Å². The molecule has 1 saturated heterocycles. The maximum absolute atomic E-state index is 13.7. The van der Waals surface area contributed by atoms with Gasteiger partial charge in [-0.05, 0) is 66.2 Å². The van der Waals surface area contributed by atoms with Gasteiger partial charge in [-0.2, -0.15) is 0 Å².